The predicted octanol–water partition coefficient (Wildman–Crippen LogP) is 2.74. The van der Waals surface area contributed by atoms with Crippen LogP contribution in [0.25, 0.3) is 0 Å². The van der Waals surface area contributed by atoms with Gasteiger partial charge in [-0.1, -0.05) is 30.3 Å². The molecule has 8 nitrogen and oxygen atoms in total. The van der Waals surface area contributed by atoms with E-state index in [4.69, 9.17) is 4.74 Å². The minimum Gasteiger partial charge on any atom is -0.497 e. The molecule has 174 valence electrons. The van der Waals surface area contributed by atoms with Crippen molar-refractivity contribution in [2.24, 2.45) is 13.0 Å². The van der Waals surface area contributed by atoms with Crippen LogP contribution in [0.2, 0.25) is 0 Å². The summed E-state index contributed by atoms with van der Waals surface area (Å²) in [4.78, 5) is 17.8. The Labute approximate surface area is 194 Å². The molecule has 2 aromatic carbocycles. The molecule has 1 saturated heterocycles. The van der Waals surface area contributed by atoms with Crippen molar-refractivity contribution < 1.29 is 17.9 Å². The second-order valence-electron chi connectivity index (χ2n) is 8.10. The summed E-state index contributed by atoms with van der Waals surface area (Å²) in [5, 5.41) is 3.14. The van der Waals surface area contributed by atoms with Gasteiger partial charge in [-0.15, -0.1) is 0 Å². The van der Waals surface area contributed by atoms with Crippen LogP contribution in [0.3, 0.4) is 0 Å². The summed E-state index contributed by atoms with van der Waals surface area (Å²) in [5.74, 6) is 0.992. The minimum absolute atomic E-state index is 0.0895. The molecule has 3 aromatic rings. The molecule has 0 saturated carbocycles. The van der Waals surface area contributed by atoms with Crippen molar-refractivity contribution in [2.75, 3.05) is 20.2 Å². The van der Waals surface area contributed by atoms with Crippen molar-refractivity contribution >= 4 is 15.9 Å². The number of aromatic nitrogens is 2. The Kier molecular flexibility index (Phi) is 6.80. The average molecular weight is 469 g/mol. The predicted molar refractivity (Wildman–Crippen MR) is 124 cm³/mol. The fraction of sp³-hybridized carbons (Fsp3) is 0.333. The maximum Gasteiger partial charge on any atom is 0.243 e. The highest BCUT2D eigenvalue weighted by Crippen LogP contribution is 2.27. The van der Waals surface area contributed by atoms with E-state index in [1.165, 1.54) is 11.4 Å². The lowest BCUT2D eigenvalue weighted by Crippen LogP contribution is -2.44. The smallest absolute Gasteiger partial charge is 0.243 e. The van der Waals surface area contributed by atoms with Crippen LogP contribution in [0.4, 0.5) is 0 Å². The normalized spacial score (nSPS) is 16.3. The highest BCUT2D eigenvalue weighted by Gasteiger charge is 2.33. The Morgan fingerprint density at radius 1 is 1.09 bits per heavy atom. The molecule has 2 heterocycles. The van der Waals surface area contributed by atoms with Crippen molar-refractivity contribution in [3.8, 4) is 5.75 Å². The number of benzene rings is 2. The van der Waals surface area contributed by atoms with Crippen molar-refractivity contribution in [1.82, 2.24) is 19.2 Å². The molecule has 1 aliphatic heterocycles. The standard InChI is InChI=1S/C24H28N4O4S/c1-27-17-14-25-23(27)22(18-6-4-3-5-7-18)26-24(29)19-12-15-28(16-13-19)33(30,31)21-10-8-20(32-2)9-11-21/h3-11,14,17,19,22H,12-13,15-16H2,1-2H3,(H,26,29)/t22-/m1/s1. The number of carbonyl (C=O) groups is 1. The number of piperidine rings is 1. The molecule has 0 radical (unpaired) electrons. The molecule has 4 rings (SSSR count). The lowest BCUT2D eigenvalue weighted by Gasteiger charge is -2.31. The van der Waals surface area contributed by atoms with Crippen LogP contribution >= 0.6 is 0 Å². The van der Waals surface area contributed by atoms with Crippen molar-refractivity contribution in [2.45, 2.75) is 23.8 Å². The Hall–Kier alpha value is -3.17. The Morgan fingerprint density at radius 2 is 1.76 bits per heavy atom. The SMILES string of the molecule is COc1ccc(S(=O)(=O)N2CCC(C(=O)N[C@H](c3ccccc3)c3nccn3C)CC2)cc1. The summed E-state index contributed by atoms with van der Waals surface area (Å²) < 4.78 is 34.4. The highest BCUT2D eigenvalue weighted by atomic mass is 32.2. The molecule has 0 spiro atoms. The second kappa shape index (κ2) is 9.76. The van der Waals surface area contributed by atoms with E-state index < -0.39 is 10.0 Å². The Balaban J connectivity index is 1.43. The third-order valence-corrected chi connectivity index (χ3v) is 7.97. The Morgan fingerprint density at radius 3 is 2.33 bits per heavy atom. The number of sulfonamides is 1. The number of nitrogens with zero attached hydrogens (tertiary/aromatic N) is 3. The number of carbonyl (C=O) groups excluding carboxylic acids is 1. The van der Waals surface area contributed by atoms with E-state index in [1.54, 1.807) is 30.5 Å². The molecule has 1 atom stereocenters. The van der Waals surface area contributed by atoms with Gasteiger partial charge < -0.3 is 14.6 Å². The molecule has 1 aromatic heterocycles. The topological polar surface area (TPSA) is 93.5 Å². The monoisotopic (exact) mass is 468 g/mol. The van der Waals surface area contributed by atoms with Crippen LogP contribution in [0.5, 0.6) is 5.75 Å². The van der Waals surface area contributed by atoms with Crippen molar-refractivity contribution in [3.63, 3.8) is 0 Å². The zero-order valence-electron chi connectivity index (χ0n) is 18.7. The summed E-state index contributed by atoms with van der Waals surface area (Å²) in [7, 11) is -0.178. The quantitative estimate of drug-likeness (QED) is 0.576. The number of aryl methyl sites for hydroxylation is 1. The maximum absolute atomic E-state index is 13.2. The van der Waals surface area contributed by atoms with E-state index in [-0.39, 0.29) is 22.8 Å². The van der Waals surface area contributed by atoms with E-state index in [1.807, 2.05) is 48.1 Å². The summed E-state index contributed by atoms with van der Waals surface area (Å²) in [6.07, 6.45) is 4.48. The molecule has 9 heteroatoms. The van der Waals surface area contributed by atoms with E-state index >= 15 is 0 Å². The van der Waals surface area contributed by atoms with Gasteiger partial charge in [-0.05, 0) is 42.7 Å². The number of hydrogen-bond acceptors (Lipinski definition) is 5. The van der Waals surface area contributed by atoms with Gasteiger partial charge in [0.25, 0.3) is 0 Å². The summed E-state index contributed by atoms with van der Waals surface area (Å²) in [6.45, 7) is 0.593. The number of methoxy groups -OCH3 is 1. The molecular weight excluding hydrogens is 440 g/mol. The third kappa shape index (κ3) is 4.94. The summed E-state index contributed by atoms with van der Waals surface area (Å²) in [6, 6.07) is 15.7. The molecule has 0 unspecified atom stereocenters. The van der Waals surface area contributed by atoms with Gasteiger partial charge in [0, 0.05) is 38.4 Å². The first-order chi connectivity index (χ1) is 15.9. The van der Waals surface area contributed by atoms with Gasteiger partial charge in [0.1, 0.15) is 17.6 Å². The molecule has 33 heavy (non-hydrogen) atoms. The van der Waals surface area contributed by atoms with Crippen molar-refractivity contribution in [1.29, 1.82) is 0 Å². The first kappa shape index (κ1) is 23.0. The number of rotatable bonds is 7. The number of ether oxygens (including phenoxy) is 1. The molecule has 1 fully saturated rings. The van der Waals surface area contributed by atoms with E-state index in [0.717, 1.165) is 11.4 Å². The van der Waals surface area contributed by atoms with Gasteiger partial charge in [-0.2, -0.15) is 4.31 Å². The van der Waals surface area contributed by atoms with Crippen LogP contribution in [0.15, 0.2) is 71.9 Å². The zero-order valence-corrected chi connectivity index (χ0v) is 19.5. The minimum atomic E-state index is -3.61. The van der Waals surface area contributed by atoms with Crippen molar-refractivity contribution in [3.05, 3.63) is 78.4 Å². The first-order valence-electron chi connectivity index (χ1n) is 10.9. The number of nitrogens with one attached hydrogen (secondary N) is 1. The number of imidazole rings is 1. The van der Waals surface area contributed by atoms with Gasteiger partial charge in [0.05, 0.1) is 12.0 Å². The highest BCUT2D eigenvalue weighted by molar-refractivity contribution is 7.89. The van der Waals surface area contributed by atoms with Gasteiger partial charge in [0.15, 0.2) is 0 Å². The average Bonchev–Trinajstić information content (AvgIpc) is 3.28. The number of hydrogen-bond donors (Lipinski definition) is 1. The van der Waals surface area contributed by atoms with Crippen LogP contribution in [0.1, 0.15) is 30.3 Å². The number of amides is 1. The lowest BCUT2D eigenvalue weighted by molar-refractivity contribution is -0.126. The third-order valence-electron chi connectivity index (χ3n) is 6.06. The van der Waals surface area contributed by atoms with Crippen LogP contribution in [-0.4, -0.2) is 48.4 Å². The van der Waals surface area contributed by atoms with Gasteiger partial charge in [-0.25, -0.2) is 13.4 Å². The summed E-state index contributed by atoms with van der Waals surface area (Å²) >= 11 is 0. The molecule has 1 aliphatic rings. The van der Waals surface area contributed by atoms with E-state index in [9.17, 15) is 13.2 Å². The van der Waals surface area contributed by atoms with Gasteiger partial charge in [-0.3, -0.25) is 4.79 Å². The van der Waals surface area contributed by atoms with Crippen LogP contribution < -0.4 is 10.1 Å². The first-order valence-corrected chi connectivity index (χ1v) is 12.3. The largest absolute Gasteiger partial charge is 0.497 e. The second-order valence-corrected chi connectivity index (χ2v) is 10.0. The van der Waals surface area contributed by atoms with E-state index in [0.29, 0.717) is 31.7 Å². The molecular formula is C24H28N4O4S. The van der Waals surface area contributed by atoms with Gasteiger partial charge in [0.2, 0.25) is 15.9 Å². The zero-order chi connectivity index (χ0) is 23.4. The molecule has 1 amide bonds. The molecule has 0 aliphatic carbocycles. The fourth-order valence-corrected chi connectivity index (χ4v) is 5.58. The maximum atomic E-state index is 13.2. The van der Waals surface area contributed by atoms with Crippen LogP contribution in [0, 0.1) is 5.92 Å². The Bertz CT molecular complexity index is 1180. The lowest BCUT2D eigenvalue weighted by atomic mass is 9.96. The van der Waals surface area contributed by atoms with Crippen LogP contribution in [-0.2, 0) is 21.9 Å². The van der Waals surface area contributed by atoms with Gasteiger partial charge >= 0.3 is 0 Å². The summed E-state index contributed by atoms with van der Waals surface area (Å²) in [5.41, 5.74) is 0.944. The molecule has 1 N–H and O–H groups in total. The fourth-order valence-electron chi connectivity index (χ4n) is 4.11. The molecule has 0 bridgehead atoms. The van der Waals surface area contributed by atoms with E-state index in [2.05, 4.69) is 10.3 Å².